The van der Waals surface area contributed by atoms with E-state index in [1.165, 1.54) is 11.4 Å². The zero-order valence-corrected chi connectivity index (χ0v) is 6.74. The van der Waals surface area contributed by atoms with E-state index < -0.39 is 0 Å². The molecule has 0 spiro atoms. The predicted octanol–water partition coefficient (Wildman–Crippen LogP) is 2.35. The minimum absolute atomic E-state index is 0.580. The van der Waals surface area contributed by atoms with Crippen LogP contribution in [-0.2, 0) is 17.1 Å². The van der Waals surface area contributed by atoms with Gasteiger partial charge in [-0.15, -0.1) is 0 Å². The van der Waals surface area contributed by atoms with Crippen molar-refractivity contribution in [3.63, 3.8) is 0 Å². The van der Waals surface area contributed by atoms with E-state index in [0.717, 1.165) is 0 Å². The molecular weight excluding hydrogens is 185 g/mol. The van der Waals surface area contributed by atoms with Gasteiger partial charge in [0.05, 0.1) is 0 Å². The Kier molecular flexibility index (Phi) is 2.49. The Morgan fingerprint density at radius 3 is 3.12 bits per heavy atom. The van der Waals surface area contributed by atoms with Gasteiger partial charge in [0.1, 0.15) is 0 Å². The second kappa shape index (κ2) is 3.19. The number of rotatable bonds is 2. The molecule has 0 nitrogen and oxygen atoms in total. The molecule has 0 aromatic rings. The summed E-state index contributed by atoms with van der Waals surface area (Å²) in [6.07, 6.45) is 7.91. The van der Waals surface area contributed by atoms with Crippen LogP contribution in [0.1, 0.15) is 13.3 Å². The van der Waals surface area contributed by atoms with Crippen molar-refractivity contribution in [1.82, 2.24) is 0 Å². The fourth-order valence-electron chi connectivity index (χ4n) is 0.669. The molecule has 1 aliphatic carbocycles. The average molecular weight is 195 g/mol. The Bertz CT molecular complexity index is 122. The van der Waals surface area contributed by atoms with Crippen LogP contribution in [0.4, 0.5) is 0 Å². The van der Waals surface area contributed by atoms with Gasteiger partial charge in [-0.2, -0.15) is 0 Å². The normalized spacial score (nSPS) is 17.4. The first-order valence-electron chi connectivity index (χ1n) is 2.85. The number of allylic oxidation sites excluding steroid dienone is 4. The van der Waals surface area contributed by atoms with E-state index in [1.807, 2.05) is 0 Å². The first kappa shape index (κ1) is 6.23. The van der Waals surface area contributed by atoms with Crippen LogP contribution in [0.3, 0.4) is 0 Å². The van der Waals surface area contributed by atoms with Gasteiger partial charge in [0.15, 0.2) is 0 Å². The summed E-state index contributed by atoms with van der Waals surface area (Å²) in [7, 11) is 0. The Morgan fingerprint density at radius 2 is 2.62 bits per heavy atom. The molecule has 0 bridgehead atoms. The average Bonchev–Trinajstić information content (AvgIpc) is 2.19. The summed E-state index contributed by atoms with van der Waals surface area (Å²) < 4.78 is 1.68. The molecule has 0 aliphatic heterocycles. The van der Waals surface area contributed by atoms with E-state index in [1.54, 1.807) is 4.17 Å². The molecule has 0 radical (unpaired) electrons. The molecule has 0 fully saturated rings. The fourth-order valence-corrected chi connectivity index (χ4v) is 2.29. The third-order valence-electron chi connectivity index (χ3n) is 1.00. The van der Waals surface area contributed by atoms with E-state index in [-0.39, 0.29) is 0 Å². The molecule has 46 valence electrons. The summed E-state index contributed by atoms with van der Waals surface area (Å²) in [5, 5.41) is 1.38. The molecule has 0 N–H and O–H groups in total. The second-order valence-electron chi connectivity index (χ2n) is 1.61. The van der Waals surface area contributed by atoms with Gasteiger partial charge in [0, 0.05) is 0 Å². The van der Waals surface area contributed by atoms with Crippen molar-refractivity contribution in [3.8, 4) is 0 Å². The van der Waals surface area contributed by atoms with E-state index in [4.69, 9.17) is 0 Å². The Labute approximate surface area is 58.3 Å². The summed E-state index contributed by atoms with van der Waals surface area (Å²) in [6.45, 7) is 2.26. The molecule has 0 aromatic carbocycles. The van der Waals surface area contributed by atoms with Crippen LogP contribution in [0, 0.1) is 0 Å². The van der Waals surface area contributed by atoms with Gasteiger partial charge in [0.25, 0.3) is 0 Å². The molecule has 0 aromatic heterocycles. The van der Waals surface area contributed by atoms with E-state index in [9.17, 15) is 0 Å². The SMILES string of the molecule is C[CH2][Ru][C]1=CC=CC1. The van der Waals surface area contributed by atoms with Crippen molar-refractivity contribution < 1.29 is 17.1 Å². The summed E-state index contributed by atoms with van der Waals surface area (Å²) in [4.78, 5) is 0. The van der Waals surface area contributed by atoms with Crippen molar-refractivity contribution in [2.24, 2.45) is 0 Å². The molecule has 1 heteroatoms. The van der Waals surface area contributed by atoms with Gasteiger partial charge in [-0.05, 0) is 0 Å². The maximum absolute atomic E-state index is 2.27. The third kappa shape index (κ3) is 1.56. The standard InChI is InChI=1S/C5H5.C2H5.Ru/c1-2-4-5-3-1;1-2;/h1-3H,4H2;1H2,2H3;. The molecule has 8 heavy (non-hydrogen) atoms. The maximum atomic E-state index is 2.27. The zero-order chi connectivity index (χ0) is 5.82. The van der Waals surface area contributed by atoms with Crippen molar-refractivity contribution in [1.29, 1.82) is 0 Å². The molecule has 0 saturated heterocycles. The van der Waals surface area contributed by atoms with Gasteiger partial charge < -0.3 is 0 Å². The molecule has 0 heterocycles. The van der Waals surface area contributed by atoms with Crippen molar-refractivity contribution in [3.05, 3.63) is 22.4 Å². The third-order valence-corrected chi connectivity index (χ3v) is 3.05. The van der Waals surface area contributed by atoms with E-state index in [0.29, 0.717) is 17.1 Å². The van der Waals surface area contributed by atoms with Crippen LogP contribution >= 0.6 is 0 Å². The van der Waals surface area contributed by atoms with Crippen LogP contribution < -0.4 is 0 Å². The number of hydrogen-bond donors (Lipinski definition) is 0. The van der Waals surface area contributed by atoms with Crippen LogP contribution in [-0.4, -0.2) is 0 Å². The molecule has 0 amide bonds. The first-order chi connectivity index (χ1) is 3.93. The topological polar surface area (TPSA) is 0 Å². The molecule has 0 saturated carbocycles. The van der Waals surface area contributed by atoms with Gasteiger partial charge >= 0.3 is 57.9 Å². The molecular formula is C7H10Ru. The Morgan fingerprint density at radius 1 is 1.75 bits per heavy atom. The van der Waals surface area contributed by atoms with Gasteiger partial charge in [-0.1, -0.05) is 0 Å². The van der Waals surface area contributed by atoms with Gasteiger partial charge in [-0.3, -0.25) is 0 Å². The monoisotopic (exact) mass is 196 g/mol. The van der Waals surface area contributed by atoms with Crippen molar-refractivity contribution in [2.45, 2.75) is 18.4 Å². The minimum atomic E-state index is 0.580. The molecule has 1 aliphatic rings. The molecule has 0 unspecified atom stereocenters. The van der Waals surface area contributed by atoms with Crippen LogP contribution in [0.15, 0.2) is 22.4 Å². The number of hydrogen-bond acceptors (Lipinski definition) is 0. The first-order valence-corrected chi connectivity index (χ1v) is 4.95. The van der Waals surface area contributed by atoms with E-state index in [2.05, 4.69) is 25.2 Å². The van der Waals surface area contributed by atoms with Crippen LogP contribution in [0.5, 0.6) is 0 Å². The molecule has 0 atom stereocenters. The Balaban J connectivity index is 2.28. The summed E-state index contributed by atoms with van der Waals surface area (Å²) in [5.74, 6) is 0. The quantitative estimate of drug-likeness (QED) is 0.593. The van der Waals surface area contributed by atoms with Gasteiger partial charge in [0.2, 0.25) is 0 Å². The molecule has 1 rings (SSSR count). The van der Waals surface area contributed by atoms with Crippen molar-refractivity contribution >= 4 is 0 Å². The summed E-state index contributed by atoms with van der Waals surface area (Å²) >= 11 is 0.580. The van der Waals surface area contributed by atoms with Gasteiger partial charge in [-0.25, -0.2) is 0 Å². The van der Waals surface area contributed by atoms with Crippen molar-refractivity contribution in [2.75, 3.05) is 0 Å². The van der Waals surface area contributed by atoms with Crippen LogP contribution in [0.2, 0.25) is 5.02 Å². The zero-order valence-electron chi connectivity index (χ0n) is 5.00. The summed E-state index contributed by atoms with van der Waals surface area (Å²) in [6, 6.07) is 0. The second-order valence-corrected chi connectivity index (χ2v) is 4.56. The fraction of sp³-hybridized carbons (Fsp3) is 0.429. The summed E-state index contributed by atoms with van der Waals surface area (Å²) in [5.41, 5.74) is 0. The van der Waals surface area contributed by atoms with Crippen LogP contribution in [0.25, 0.3) is 0 Å². The predicted molar refractivity (Wildman–Crippen MR) is 32.3 cm³/mol. The Hall–Kier alpha value is 0.103. The van der Waals surface area contributed by atoms with E-state index >= 15 is 0 Å².